The van der Waals surface area contributed by atoms with Crippen LogP contribution >= 0.6 is 0 Å². The molecule has 0 spiro atoms. The first kappa shape index (κ1) is 15.2. The minimum absolute atomic E-state index is 0.125. The zero-order valence-corrected chi connectivity index (χ0v) is 13.5. The number of hydrogen-bond donors (Lipinski definition) is 1. The van der Waals surface area contributed by atoms with Crippen LogP contribution < -0.4 is 15.0 Å². The summed E-state index contributed by atoms with van der Waals surface area (Å²) in [5.41, 5.74) is 1.94. The Kier molecular flexibility index (Phi) is 4.52. The van der Waals surface area contributed by atoms with E-state index < -0.39 is 0 Å². The highest BCUT2D eigenvalue weighted by molar-refractivity contribution is 5.95. The summed E-state index contributed by atoms with van der Waals surface area (Å²) in [5, 5.41) is 3.05. The van der Waals surface area contributed by atoms with Gasteiger partial charge in [0.05, 0.1) is 12.8 Å². The van der Waals surface area contributed by atoms with Gasteiger partial charge in [-0.25, -0.2) is 0 Å². The second kappa shape index (κ2) is 6.57. The lowest BCUT2D eigenvalue weighted by atomic mass is 9.85. The average Bonchev–Trinajstić information content (AvgIpc) is 2.46. The van der Waals surface area contributed by atoms with Crippen LogP contribution in [-0.2, 0) is 4.79 Å². The van der Waals surface area contributed by atoms with E-state index in [0.29, 0.717) is 0 Å². The molecule has 120 valence electrons. The van der Waals surface area contributed by atoms with Gasteiger partial charge in [-0.1, -0.05) is 6.42 Å². The molecular weight excluding hydrogens is 278 g/mol. The van der Waals surface area contributed by atoms with E-state index >= 15 is 0 Å². The second-order valence-electron chi connectivity index (χ2n) is 6.29. The van der Waals surface area contributed by atoms with Crippen LogP contribution in [0.2, 0.25) is 0 Å². The molecule has 2 aliphatic rings. The van der Waals surface area contributed by atoms with Gasteiger partial charge in [0, 0.05) is 37.8 Å². The van der Waals surface area contributed by atoms with Gasteiger partial charge in [0.25, 0.3) is 0 Å². The molecule has 3 rings (SSSR count). The number of anilines is 2. The number of carbonyl (C=O) groups is 1. The van der Waals surface area contributed by atoms with Gasteiger partial charge in [-0.05, 0) is 38.1 Å². The molecule has 0 bridgehead atoms. The number of rotatable bonds is 4. The van der Waals surface area contributed by atoms with Crippen molar-refractivity contribution in [2.45, 2.75) is 19.3 Å². The molecule has 1 aromatic carbocycles. The zero-order chi connectivity index (χ0) is 15.5. The molecule has 0 radical (unpaired) electrons. The molecule has 1 saturated carbocycles. The maximum absolute atomic E-state index is 12.2. The molecule has 0 unspecified atom stereocenters. The first-order valence-electron chi connectivity index (χ1n) is 8.10. The smallest absolute Gasteiger partial charge is 0.227 e. The Balaban J connectivity index is 1.75. The Labute approximate surface area is 132 Å². The molecule has 2 fully saturated rings. The van der Waals surface area contributed by atoms with Crippen molar-refractivity contribution >= 4 is 17.3 Å². The molecule has 1 aliphatic carbocycles. The van der Waals surface area contributed by atoms with Crippen LogP contribution in [-0.4, -0.2) is 51.1 Å². The van der Waals surface area contributed by atoms with Crippen molar-refractivity contribution in [2.24, 2.45) is 5.92 Å². The fraction of sp³-hybridized carbons (Fsp3) is 0.588. The second-order valence-corrected chi connectivity index (χ2v) is 6.29. The highest BCUT2D eigenvalue weighted by Crippen LogP contribution is 2.33. The van der Waals surface area contributed by atoms with E-state index in [1.54, 1.807) is 7.11 Å². The van der Waals surface area contributed by atoms with Gasteiger partial charge < -0.3 is 19.9 Å². The number of likely N-dealkylation sites (N-methyl/N-ethyl adjacent to an activating group) is 1. The third kappa shape index (κ3) is 3.19. The van der Waals surface area contributed by atoms with Crippen LogP contribution in [0.1, 0.15) is 19.3 Å². The Morgan fingerprint density at radius 3 is 2.55 bits per heavy atom. The van der Waals surface area contributed by atoms with Crippen molar-refractivity contribution in [1.29, 1.82) is 0 Å². The Morgan fingerprint density at radius 2 is 1.95 bits per heavy atom. The van der Waals surface area contributed by atoms with Gasteiger partial charge in [0.15, 0.2) is 0 Å². The number of benzene rings is 1. The molecule has 1 aliphatic heterocycles. The number of ether oxygens (including phenoxy) is 1. The topological polar surface area (TPSA) is 44.8 Å². The first-order chi connectivity index (χ1) is 10.7. The van der Waals surface area contributed by atoms with Crippen molar-refractivity contribution in [2.75, 3.05) is 50.6 Å². The Morgan fingerprint density at radius 1 is 1.23 bits per heavy atom. The maximum atomic E-state index is 12.2. The van der Waals surface area contributed by atoms with Crippen molar-refractivity contribution < 1.29 is 9.53 Å². The van der Waals surface area contributed by atoms with Gasteiger partial charge >= 0.3 is 0 Å². The van der Waals surface area contributed by atoms with Crippen molar-refractivity contribution in [3.05, 3.63) is 18.2 Å². The highest BCUT2D eigenvalue weighted by Gasteiger charge is 2.26. The molecule has 22 heavy (non-hydrogen) atoms. The van der Waals surface area contributed by atoms with E-state index in [9.17, 15) is 4.79 Å². The molecule has 5 nitrogen and oxygen atoms in total. The summed E-state index contributed by atoms with van der Waals surface area (Å²) in [5.74, 6) is 1.03. The number of carbonyl (C=O) groups excluding carboxylic acids is 1. The summed E-state index contributed by atoms with van der Waals surface area (Å²) in [6.07, 6.45) is 3.18. The molecule has 1 aromatic rings. The quantitative estimate of drug-likeness (QED) is 0.926. The van der Waals surface area contributed by atoms with Gasteiger partial charge in [0.1, 0.15) is 5.75 Å². The molecule has 0 aromatic heterocycles. The number of nitrogens with zero attached hydrogens (tertiary/aromatic N) is 2. The molecule has 1 saturated heterocycles. The Hall–Kier alpha value is -1.75. The number of nitrogens with one attached hydrogen (secondary N) is 1. The molecule has 0 atom stereocenters. The number of amides is 1. The number of methoxy groups -OCH3 is 1. The molecule has 1 amide bonds. The normalized spacial score (nSPS) is 19.6. The van der Waals surface area contributed by atoms with Crippen LogP contribution in [0, 0.1) is 5.92 Å². The monoisotopic (exact) mass is 303 g/mol. The lowest BCUT2D eigenvalue weighted by Crippen LogP contribution is -2.44. The number of piperazine rings is 1. The van der Waals surface area contributed by atoms with Gasteiger partial charge in [-0.15, -0.1) is 0 Å². The third-order valence-electron chi connectivity index (χ3n) is 4.79. The lowest BCUT2D eigenvalue weighted by Gasteiger charge is -2.34. The van der Waals surface area contributed by atoms with E-state index in [1.165, 1.54) is 0 Å². The van der Waals surface area contributed by atoms with Gasteiger partial charge in [-0.2, -0.15) is 0 Å². The first-order valence-corrected chi connectivity index (χ1v) is 8.10. The minimum atomic E-state index is 0.125. The minimum Gasteiger partial charge on any atom is -0.495 e. The highest BCUT2D eigenvalue weighted by atomic mass is 16.5. The van der Waals surface area contributed by atoms with Crippen molar-refractivity contribution in [3.63, 3.8) is 0 Å². The largest absolute Gasteiger partial charge is 0.495 e. The zero-order valence-electron chi connectivity index (χ0n) is 13.5. The summed E-state index contributed by atoms with van der Waals surface area (Å²) in [6, 6.07) is 6.06. The maximum Gasteiger partial charge on any atom is 0.227 e. The van der Waals surface area contributed by atoms with Crippen LogP contribution in [0.5, 0.6) is 5.75 Å². The fourth-order valence-electron chi connectivity index (χ4n) is 2.96. The van der Waals surface area contributed by atoms with Crippen molar-refractivity contribution in [1.82, 2.24) is 4.90 Å². The summed E-state index contributed by atoms with van der Waals surface area (Å²) in [4.78, 5) is 16.9. The van der Waals surface area contributed by atoms with E-state index in [1.807, 2.05) is 12.1 Å². The summed E-state index contributed by atoms with van der Waals surface area (Å²) >= 11 is 0. The molecule has 5 heteroatoms. The predicted octanol–water partition coefficient (Wildman–Crippen LogP) is 2.19. The standard InChI is InChI=1S/C17H25N3O2/c1-19-8-10-20(11-9-19)14-6-7-16(22-2)15(12-14)18-17(21)13-4-3-5-13/h6-7,12-13H,3-5,8-11H2,1-2H3,(H,18,21). The van der Waals surface area contributed by atoms with E-state index in [0.717, 1.165) is 62.6 Å². The van der Waals surface area contributed by atoms with E-state index in [-0.39, 0.29) is 11.8 Å². The summed E-state index contributed by atoms with van der Waals surface area (Å²) in [7, 11) is 3.79. The Bertz CT molecular complexity index is 535. The van der Waals surface area contributed by atoms with Crippen molar-refractivity contribution in [3.8, 4) is 5.75 Å². The molecule has 1 N–H and O–H groups in total. The van der Waals surface area contributed by atoms with Gasteiger partial charge in [-0.3, -0.25) is 4.79 Å². The lowest BCUT2D eigenvalue weighted by molar-refractivity contribution is -0.122. The van der Waals surface area contributed by atoms with E-state index in [4.69, 9.17) is 4.74 Å². The van der Waals surface area contributed by atoms with Crippen LogP contribution in [0.25, 0.3) is 0 Å². The van der Waals surface area contributed by atoms with E-state index in [2.05, 4.69) is 28.2 Å². The third-order valence-corrected chi connectivity index (χ3v) is 4.79. The fourth-order valence-corrected chi connectivity index (χ4v) is 2.96. The predicted molar refractivity (Wildman–Crippen MR) is 88.7 cm³/mol. The SMILES string of the molecule is COc1ccc(N2CCN(C)CC2)cc1NC(=O)C1CCC1. The number of hydrogen-bond acceptors (Lipinski definition) is 4. The average molecular weight is 303 g/mol. The summed E-state index contributed by atoms with van der Waals surface area (Å²) < 4.78 is 5.40. The summed E-state index contributed by atoms with van der Waals surface area (Å²) in [6.45, 7) is 4.16. The molecular formula is C17H25N3O2. The van der Waals surface area contributed by atoms with Crippen LogP contribution in [0.4, 0.5) is 11.4 Å². The van der Waals surface area contributed by atoms with Crippen LogP contribution in [0.3, 0.4) is 0 Å². The van der Waals surface area contributed by atoms with Crippen LogP contribution in [0.15, 0.2) is 18.2 Å². The van der Waals surface area contributed by atoms with Gasteiger partial charge in [0.2, 0.25) is 5.91 Å². The molecule has 1 heterocycles.